The first-order chi connectivity index (χ1) is 9.56. The van der Waals surface area contributed by atoms with Crippen LogP contribution in [0.3, 0.4) is 0 Å². The van der Waals surface area contributed by atoms with Crippen molar-refractivity contribution in [3.05, 3.63) is 0 Å². The predicted octanol–water partition coefficient (Wildman–Crippen LogP) is 1.29. The average molecular weight is 299 g/mol. The number of likely N-dealkylation sites (tertiary alicyclic amines) is 1. The van der Waals surface area contributed by atoms with Gasteiger partial charge < -0.3 is 10.0 Å². The van der Waals surface area contributed by atoms with E-state index in [2.05, 4.69) is 20.1 Å². The highest BCUT2D eigenvalue weighted by Crippen LogP contribution is 2.26. The molecule has 2 amide bonds. The Labute approximate surface area is 120 Å². The molecule has 0 aliphatic carbocycles. The van der Waals surface area contributed by atoms with Crippen molar-refractivity contribution < 1.29 is 14.7 Å². The van der Waals surface area contributed by atoms with E-state index in [1.54, 1.807) is 4.90 Å². The van der Waals surface area contributed by atoms with Crippen molar-refractivity contribution in [2.75, 3.05) is 18.4 Å². The van der Waals surface area contributed by atoms with Gasteiger partial charge in [0.25, 0.3) is 0 Å². The normalized spacial score (nSPS) is 20.4. The zero-order chi connectivity index (χ0) is 14.5. The molecule has 0 spiro atoms. The number of rotatable bonds is 4. The number of hydrogen-bond acceptors (Lipinski definition) is 6. The first-order valence-electron chi connectivity index (χ1n) is 6.49. The molecule has 0 bridgehead atoms. The molecule has 1 fully saturated rings. The molecule has 0 radical (unpaired) electrons. The van der Waals surface area contributed by atoms with Gasteiger partial charge in [-0.3, -0.25) is 10.1 Å². The number of nitrogens with one attached hydrogen (secondary N) is 1. The van der Waals surface area contributed by atoms with Crippen molar-refractivity contribution in [1.29, 1.82) is 0 Å². The van der Waals surface area contributed by atoms with E-state index in [1.807, 2.05) is 6.92 Å². The van der Waals surface area contributed by atoms with Gasteiger partial charge >= 0.3 is 12.0 Å². The Kier molecular flexibility index (Phi) is 4.83. The number of nitrogens with zero attached hydrogens (tertiary/aromatic N) is 4. The third kappa shape index (κ3) is 3.86. The summed E-state index contributed by atoms with van der Waals surface area (Å²) in [5.74, 6) is -0.511. The number of anilines is 1. The van der Waals surface area contributed by atoms with Crippen molar-refractivity contribution in [2.24, 2.45) is 11.8 Å². The molecule has 0 aromatic carbocycles. The number of carbonyl (C=O) groups excluding carboxylic acids is 1. The maximum atomic E-state index is 12.1. The topological polar surface area (TPSA) is 108 Å². The van der Waals surface area contributed by atoms with Gasteiger partial charge in [0.15, 0.2) is 0 Å². The van der Waals surface area contributed by atoms with Crippen LogP contribution in [-0.4, -0.2) is 49.9 Å². The number of hydrogen-bond donors (Lipinski definition) is 2. The van der Waals surface area contributed by atoms with Crippen LogP contribution >= 0.6 is 11.5 Å². The average Bonchev–Trinajstić information content (AvgIpc) is 2.91. The number of carbonyl (C=O) groups is 2. The Morgan fingerprint density at radius 2 is 2.40 bits per heavy atom. The fraction of sp³-hybridized carbons (Fsp3) is 0.727. The molecule has 2 heterocycles. The van der Waals surface area contributed by atoms with Crippen molar-refractivity contribution in [3.63, 3.8) is 0 Å². The number of carboxylic acid groups (broad SMARTS) is 1. The third-order valence-corrected chi connectivity index (χ3v) is 4.07. The summed E-state index contributed by atoms with van der Waals surface area (Å²) in [4.78, 5) is 24.5. The zero-order valence-corrected chi connectivity index (χ0v) is 12.0. The smallest absolute Gasteiger partial charge is 0.323 e. The maximum Gasteiger partial charge on any atom is 0.323 e. The van der Waals surface area contributed by atoms with Gasteiger partial charge in [0.1, 0.15) is 0 Å². The van der Waals surface area contributed by atoms with Gasteiger partial charge in [0, 0.05) is 31.0 Å². The molecule has 1 saturated heterocycles. The molecule has 8 nitrogen and oxygen atoms in total. The highest BCUT2D eigenvalue weighted by atomic mass is 32.1. The Morgan fingerprint density at radius 1 is 1.60 bits per heavy atom. The van der Waals surface area contributed by atoms with Crippen LogP contribution < -0.4 is 5.32 Å². The van der Waals surface area contributed by atoms with Gasteiger partial charge in [0.2, 0.25) is 5.13 Å². The molecule has 110 valence electrons. The second kappa shape index (κ2) is 6.60. The number of amides is 2. The minimum absolute atomic E-state index is 0.0614. The third-order valence-electron chi connectivity index (χ3n) is 3.56. The number of aliphatic carboxylic acids is 1. The number of urea groups is 1. The fourth-order valence-corrected chi connectivity index (χ4v) is 2.81. The van der Waals surface area contributed by atoms with Crippen LogP contribution in [0.5, 0.6) is 0 Å². The van der Waals surface area contributed by atoms with E-state index in [-0.39, 0.29) is 24.3 Å². The lowest BCUT2D eigenvalue weighted by molar-refractivity contribution is -0.138. The summed E-state index contributed by atoms with van der Waals surface area (Å²) in [6, 6.07) is -0.226. The standard InChI is InChI=1S/C11H17N5O3S/c1-7(5-9(17)18)8-3-2-4-16(6-8)11(19)12-10-13-14-15-20-10/h7-8H,2-6H2,1H3,(H,17,18)(H,12,13,15,19). The van der Waals surface area contributed by atoms with Gasteiger partial charge in [-0.2, -0.15) is 0 Å². The molecule has 0 saturated carbocycles. The Morgan fingerprint density at radius 3 is 3.05 bits per heavy atom. The van der Waals surface area contributed by atoms with E-state index in [1.165, 1.54) is 0 Å². The summed E-state index contributed by atoms with van der Waals surface area (Å²) in [6.07, 6.45) is 1.98. The summed E-state index contributed by atoms with van der Waals surface area (Å²) < 4.78 is 3.58. The van der Waals surface area contributed by atoms with E-state index in [4.69, 9.17) is 5.11 Å². The molecule has 2 rings (SSSR count). The van der Waals surface area contributed by atoms with Crippen LogP contribution in [0, 0.1) is 11.8 Å². The molecule has 1 aromatic heterocycles. The lowest BCUT2D eigenvalue weighted by atomic mass is 9.85. The fourth-order valence-electron chi connectivity index (χ4n) is 2.45. The summed E-state index contributed by atoms with van der Waals surface area (Å²) in [5, 5.41) is 18.9. The predicted molar refractivity (Wildman–Crippen MR) is 72.4 cm³/mol. The molecule has 2 unspecified atom stereocenters. The van der Waals surface area contributed by atoms with Gasteiger partial charge in [-0.1, -0.05) is 16.5 Å². The van der Waals surface area contributed by atoms with Crippen LogP contribution in [0.2, 0.25) is 0 Å². The lowest BCUT2D eigenvalue weighted by Crippen LogP contribution is -2.44. The van der Waals surface area contributed by atoms with E-state index in [9.17, 15) is 9.59 Å². The summed E-state index contributed by atoms with van der Waals surface area (Å²) in [7, 11) is 0. The van der Waals surface area contributed by atoms with Crippen molar-refractivity contribution in [3.8, 4) is 0 Å². The minimum atomic E-state index is -0.793. The number of aromatic nitrogens is 3. The molecule has 2 atom stereocenters. The number of piperidine rings is 1. The van der Waals surface area contributed by atoms with Crippen molar-refractivity contribution >= 4 is 28.7 Å². The van der Waals surface area contributed by atoms with E-state index < -0.39 is 5.97 Å². The highest BCUT2D eigenvalue weighted by Gasteiger charge is 2.28. The Bertz CT molecular complexity index is 467. The molecule has 1 aromatic rings. The summed E-state index contributed by atoms with van der Waals surface area (Å²) in [5.41, 5.74) is 0. The van der Waals surface area contributed by atoms with Crippen LogP contribution in [0.15, 0.2) is 0 Å². The van der Waals surface area contributed by atoms with Gasteiger partial charge in [-0.05, 0) is 29.9 Å². The molecular weight excluding hydrogens is 282 g/mol. The van der Waals surface area contributed by atoms with E-state index in [0.717, 1.165) is 24.4 Å². The van der Waals surface area contributed by atoms with E-state index in [0.29, 0.717) is 18.2 Å². The van der Waals surface area contributed by atoms with Gasteiger partial charge in [-0.15, -0.1) is 0 Å². The molecule has 2 N–H and O–H groups in total. The largest absolute Gasteiger partial charge is 0.481 e. The van der Waals surface area contributed by atoms with Crippen LogP contribution in [0.4, 0.5) is 9.93 Å². The van der Waals surface area contributed by atoms with Crippen molar-refractivity contribution in [2.45, 2.75) is 26.2 Å². The molecular formula is C11H17N5O3S. The van der Waals surface area contributed by atoms with Crippen molar-refractivity contribution in [1.82, 2.24) is 19.7 Å². The van der Waals surface area contributed by atoms with Crippen LogP contribution in [0.25, 0.3) is 0 Å². The summed E-state index contributed by atoms with van der Waals surface area (Å²) >= 11 is 1.02. The van der Waals surface area contributed by atoms with Crippen LogP contribution in [-0.2, 0) is 4.79 Å². The van der Waals surface area contributed by atoms with Crippen LogP contribution in [0.1, 0.15) is 26.2 Å². The minimum Gasteiger partial charge on any atom is -0.481 e. The Hall–Kier alpha value is -1.77. The number of carboxylic acids is 1. The first kappa shape index (κ1) is 14.6. The second-order valence-corrected chi connectivity index (χ2v) is 5.75. The van der Waals surface area contributed by atoms with Gasteiger partial charge in [-0.25, -0.2) is 4.79 Å². The highest BCUT2D eigenvalue weighted by molar-refractivity contribution is 7.09. The monoisotopic (exact) mass is 299 g/mol. The quantitative estimate of drug-likeness (QED) is 0.867. The van der Waals surface area contributed by atoms with E-state index >= 15 is 0 Å². The first-order valence-corrected chi connectivity index (χ1v) is 7.26. The SMILES string of the molecule is CC(CC(=O)O)C1CCCN(C(=O)Nc2nnns2)C1. The molecule has 1 aliphatic rings. The Balaban J connectivity index is 1.89. The molecule has 20 heavy (non-hydrogen) atoms. The molecule has 9 heteroatoms. The summed E-state index contributed by atoms with van der Waals surface area (Å²) in [6.45, 7) is 3.18. The lowest BCUT2D eigenvalue weighted by Gasteiger charge is -2.35. The maximum absolute atomic E-state index is 12.1. The molecule has 1 aliphatic heterocycles. The van der Waals surface area contributed by atoms with Gasteiger partial charge in [0.05, 0.1) is 0 Å². The zero-order valence-electron chi connectivity index (χ0n) is 11.2. The second-order valence-electron chi connectivity index (χ2n) is 5.02.